The summed E-state index contributed by atoms with van der Waals surface area (Å²) in [5, 5.41) is 11.7. The highest BCUT2D eigenvalue weighted by Gasteiger charge is 2.44. The average Bonchev–Trinajstić information content (AvgIpc) is 2.86. The minimum Gasteiger partial charge on any atom is -0.388 e. The third kappa shape index (κ3) is 2.78. The molecule has 0 saturated heterocycles. The van der Waals surface area contributed by atoms with E-state index in [2.05, 4.69) is 6.92 Å². The third-order valence-electron chi connectivity index (χ3n) is 4.59. The maximum absolute atomic E-state index is 10.8. The summed E-state index contributed by atoms with van der Waals surface area (Å²) in [7, 11) is 0. The number of hydrogen-bond donors (Lipinski definition) is 2. The summed E-state index contributed by atoms with van der Waals surface area (Å²) in [6.07, 6.45) is 3.54. The monoisotopic (exact) mass is 301 g/mol. The van der Waals surface area contributed by atoms with Crippen molar-refractivity contribution >= 4 is 23.2 Å². The Hall–Kier alpha value is -0.280. The number of hydrogen-bond acceptors (Lipinski definition) is 2. The summed E-state index contributed by atoms with van der Waals surface area (Å²) < 4.78 is 0. The highest BCUT2D eigenvalue weighted by Crippen LogP contribution is 2.51. The Kier molecular flexibility index (Phi) is 4.78. The lowest BCUT2D eigenvalue weighted by atomic mass is 9.76. The van der Waals surface area contributed by atoms with Crippen molar-refractivity contribution in [1.82, 2.24) is 0 Å². The zero-order chi connectivity index (χ0) is 14.0. The van der Waals surface area contributed by atoms with Crippen LogP contribution in [0.4, 0.5) is 0 Å². The van der Waals surface area contributed by atoms with Crippen LogP contribution in [0.3, 0.4) is 0 Å². The van der Waals surface area contributed by atoms with Crippen molar-refractivity contribution in [3.8, 4) is 0 Å². The molecule has 3 atom stereocenters. The second-order valence-corrected chi connectivity index (χ2v) is 6.41. The number of halogens is 2. The van der Waals surface area contributed by atoms with Gasteiger partial charge in [-0.1, -0.05) is 48.7 Å². The molecule has 1 fully saturated rings. The van der Waals surface area contributed by atoms with Crippen molar-refractivity contribution in [1.29, 1.82) is 0 Å². The second kappa shape index (κ2) is 6.01. The average molecular weight is 302 g/mol. The van der Waals surface area contributed by atoms with Crippen LogP contribution in [-0.2, 0) is 0 Å². The van der Waals surface area contributed by atoms with E-state index in [0.717, 1.165) is 25.7 Å². The Labute approximate surface area is 124 Å². The molecule has 1 aliphatic rings. The van der Waals surface area contributed by atoms with Crippen molar-refractivity contribution in [3.63, 3.8) is 0 Å². The fraction of sp³-hybridized carbons (Fsp3) is 0.600. The molecule has 0 heterocycles. The van der Waals surface area contributed by atoms with Gasteiger partial charge in [0.05, 0.1) is 16.1 Å². The quantitative estimate of drug-likeness (QED) is 0.876. The van der Waals surface area contributed by atoms with Crippen LogP contribution in [0.15, 0.2) is 18.2 Å². The normalized spacial score (nSPS) is 28.6. The lowest BCUT2D eigenvalue weighted by Crippen LogP contribution is -2.34. The van der Waals surface area contributed by atoms with E-state index in [9.17, 15) is 5.11 Å². The fourth-order valence-corrected chi connectivity index (χ4v) is 3.64. The molecule has 19 heavy (non-hydrogen) atoms. The molecule has 0 amide bonds. The molecular formula is C15H21Cl2NO. The van der Waals surface area contributed by atoms with Gasteiger partial charge in [-0.05, 0) is 31.2 Å². The van der Waals surface area contributed by atoms with Gasteiger partial charge in [-0.3, -0.25) is 0 Å². The van der Waals surface area contributed by atoms with Gasteiger partial charge >= 0.3 is 0 Å². The predicted molar refractivity (Wildman–Crippen MR) is 80.5 cm³/mol. The van der Waals surface area contributed by atoms with Gasteiger partial charge in [0, 0.05) is 17.5 Å². The SMILES string of the molecule is CCC1CCC(CN)(C(O)c2cccc(Cl)c2Cl)C1. The smallest absolute Gasteiger partial charge is 0.0873 e. The maximum atomic E-state index is 10.8. The first-order chi connectivity index (χ1) is 9.04. The van der Waals surface area contributed by atoms with Crippen LogP contribution in [0.5, 0.6) is 0 Å². The lowest BCUT2D eigenvalue weighted by Gasteiger charge is -2.34. The predicted octanol–water partition coefficient (Wildman–Crippen LogP) is 4.18. The summed E-state index contributed by atoms with van der Waals surface area (Å²) in [4.78, 5) is 0. The van der Waals surface area contributed by atoms with Gasteiger partial charge in [-0.15, -0.1) is 0 Å². The molecule has 1 aromatic rings. The third-order valence-corrected chi connectivity index (χ3v) is 5.42. The van der Waals surface area contributed by atoms with E-state index < -0.39 is 6.10 Å². The van der Waals surface area contributed by atoms with Crippen molar-refractivity contribution < 1.29 is 5.11 Å². The van der Waals surface area contributed by atoms with E-state index >= 15 is 0 Å². The van der Waals surface area contributed by atoms with E-state index in [0.29, 0.717) is 28.1 Å². The van der Waals surface area contributed by atoms with Crippen LogP contribution in [0, 0.1) is 11.3 Å². The number of aliphatic hydroxyl groups excluding tert-OH is 1. The van der Waals surface area contributed by atoms with Gasteiger partial charge in [-0.25, -0.2) is 0 Å². The van der Waals surface area contributed by atoms with Crippen LogP contribution in [0.25, 0.3) is 0 Å². The molecule has 0 radical (unpaired) electrons. The number of benzene rings is 1. The Bertz CT molecular complexity index is 452. The molecule has 4 heteroatoms. The van der Waals surface area contributed by atoms with E-state index in [-0.39, 0.29) is 5.41 Å². The van der Waals surface area contributed by atoms with E-state index in [4.69, 9.17) is 28.9 Å². The molecule has 0 aromatic heterocycles. The zero-order valence-electron chi connectivity index (χ0n) is 11.2. The highest BCUT2D eigenvalue weighted by atomic mass is 35.5. The molecule has 1 aliphatic carbocycles. The van der Waals surface area contributed by atoms with Crippen LogP contribution < -0.4 is 5.73 Å². The first-order valence-corrected chi connectivity index (χ1v) is 7.61. The second-order valence-electron chi connectivity index (χ2n) is 5.63. The molecule has 2 rings (SSSR count). The standard InChI is InChI=1S/C15H21Cl2NO/c1-2-10-6-7-15(8-10,9-18)14(19)11-4-3-5-12(16)13(11)17/h3-5,10,14,19H,2,6-9,18H2,1H3. The van der Waals surface area contributed by atoms with Gasteiger partial charge in [0.1, 0.15) is 0 Å². The Morgan fingerprint density at radius 2 is 2.21 bits per heavy atom. The number of nitrogens with two attached hydrogens (primary N) is 1. The van der Waals surface area contributed by atoms with Crippen molar-refractivity contribution in [3.05, 3.63) is 33.8 Å². The molecule has 0 spiro atoms. The molecule has 1 aromatic carbocycles. The Morgan fingerprint density at radius 3 is 2.79 bits per heavy atom. The molecule has 1 saturated carbocycles. The molecule has 3 N–H and O–H groups in total. The molecule has 0 aliphatic heterocycles. The van der Waals surface area contributed by atoms with Gasteiger partial charge in [0.15, 0.2) is 0 Å². The van der Waals surface area contributed by atoms with Crippen LogP contribution >= 0.6 is 23.2 Å². The minimum atomic E-state index is -0.639. The maximum Gasteiger partial charge on any atom is 0.0873 e. The summed E-state index contributed by atoms with van der Waals surface area (Å²) in [6, 6.07) is 5.40. The van der Waals surface area contributed by atoms with Gasteiger partial charge in [0.25, 0.3) is 0 Å². The van der Waals surface area contributed by atoms with Crippen LogP contribution in [0.1, 0.15) is 44.3 Å². The molecule has 0 bridgehead atoms. The summed E-state index contributed by atoms with van der Waals surface area (Å²) >= 11 is 12.3. The van der Waals surface area contributed by atoms with E-state index in [1.165, 1.54) is 0 Å². The van der Waals surface area contributed by atoms with Crippen LogP contribution in [-0.4, -0.2) is 11.7 Å². The fourth-order valence-electron chi connectivity index (χ4n) is 3.23. The zero-order valence-corrected chi connectivity index (χ0v) is 12.7. The van der Waals surface area contributed by atoms with Crippen molar-refractivity contribution in [2.24, 2.45) is 17.1 Å². The minimum absolute atomic E-state index is 0.255. The van der Waals surface area contributed by atoms with E-state index in [1.807, 2.05) is 12.1 Å². The molecule has 106 valence electrons. The number of aliphatic hydroxyl groups is 1. The van der Waals surface area contributed by atoms with Gasteiger partial charge in [0.2, 0.25) is 0 Å². The largest absolute Gasteiger partial charge is 0.388 e. The van der Waals surface area contributed by atoms with Crippen molar-refractivity contribution in [2.45, 2.75) is 38.7 Å². The van der Waals surface area contributed by atoms with E-state index in [1.54, 1.807) is 6.07 Å². The Balaban J connectivity index is 2.31. The highest BCUT2D eigenvalue weighted by molar-refractivity contribution is 6.42. The molecular weight excluding hydrogens is 281 g/mol. The number of rotatable bonds is 4. The Morgan fingerprint density at radius 1 is 1.47 bits per heavy atom. The molecule has 2 nitrogen and oxygen atoms in total. The topological polar surface area (TPSA) is 46.2 Å². The lowest BCUT2D eigenvalue weighted by molar-refractivity contribution is 0.0302. The first-order valence-electron chi connectivity index (χ1n) is 6.86. The molecule has 3 unspecified atom stereocenters. The summed E-state index contributed by atoms with van der Waals surface area (Å²) in [5.74, 6) is 0.649. The van der Waals surface area contributed by atoms with Gasteiger partial charge < -0.3 is 10.8 Å². The van der Waals surface area contributed by atoms with Gasteiger partial charge in [-0.2, -0.15) is 0 Å². The first kappa shape index (κ1) is 15.1. The summed E-state index contributed by atoms with van der Waals surface area (Å²) in [6.45, 7) is 2.67. The van der Waals surface area contributed by atoms with Crippen molar-refractivity contribution in [2.75, 3.05) is 6.54 Å². The summed E-state index contributed by atoms with van der Waals surface area (Å²) in [5.41, 5.74) is 6.43. The van der Waals surface area contributed by atoms with Crippen LogP contribution in [0.2, 0.25) is 10.0 Å².